The summed E-state index contributed by atoms with van der Waals surface area (Å²) in [5.74, 6) is 2.01. The summed E-state index contributed by atoms with van der Waals surface area (Å²) >= 11 is 0. The minimum Gasteiger partial charge on any atom is -0.332 e. The van der Waals surface area contributed by atoms with E-state index in [2.05, 4.69) is 40.9 Å². The number of piperazine rings is 1. The number of rotatable bonds is 7. The van der Waals surface area contributed by atoms with Crippen molar-refractivity contribution in [3.05, 3.63) is 18.0 Å². The minimum absolute atomic E-state index is 0.154. The van der Waals surface area contributed by atoms with Gasteiger partial charge in [0.2, 0.25) is 5.95 Å². The van der Waals surface area contributed by atoms with Crippen molar-refractivity contribution in [2.24, 2.45) is 5.92 Å². The molecule has 0 N–H and O–H groups in total. The maximum atomic E-state index is 11.9. The van der Waals surface area contributed by atoms with Crippen molar-refractivity contribution in [2.45, 2.75) is 83.8 Å². The van der Waals surface area contributed by atoms with Gasteiger partial charge in [-0.2, -0.15) is 0 Å². The standard InChI is InChI=1S/C24H39N5O/c1-17(2)23(30)9-12-27-10-7-19(8-11-27)20-13-25-24(26-14-20)29-21-5-6-22(29)16-28(15-21)18(3)4/h13-14,17-19,21-22H,5-12,15-16H2,1-4H3. The topological polar surface area (TPSA) is 52.6 Å². The third-order valence-electron chi connectivity index (χ3n) is 7.51. The van der Waals surface area contributed by atoms with E-state index >= 15 is 0 Å². The van der Waals surface area contributed by atoms with Gasteiger partial charge >= 0.3 is 0 Å². The molecule has 0 aliphatic carbocycles. The van der Waals surface area contributed by atoms with Crippen molar-refractivity contribution in [1.82, 2.24) is 19.8 Å². The van der Waals surface area contributed by atoms with Crippen LogP contribution >= 0.6 is 0 Å². The molecule has 3 fully saturated rings. The maximum absolute atomic E-state index is 11.9. The van der Waals surface area contributed by atoms with Crippen LogP contribution in [0.15, 0.2) is 12.4 Å². The molecular weight excluding hydrogens is 374 g/mol. The number of anilines is 1. The Balaban J connectivity index is 1.30. The first-order valence-electron chi connectivity index (χ1n) is 12.0. The highest BCUT2D eigenvalue weighted by Crippen LogP contribution is 2.34. The van der Waals surface area contributed by atoms with E-state index < -0.39 is 0 Å². The monoisotopic (exact) mass is 413 g/mol. The van der Waals surface area contributed by atoms with Crippen LogP contribution in [-0.2, 0) is 4.79 Å². The van der Waals surface area contributed by atoms with Crippen LogP contribution in [0.25, 0.3) is 0 Å². The van der Waals surface area contributed by atoms with Crippen molar-refractivity contribution in [1.29, 1.82) is 0 Å². The molecule has 2 bridgehead atoms. The molecule has 0 amide bonds. The number of likely N-dealkylation sites (tertiary alicyclic amines) is 2. The van der Waals surface area contributed by atoms with Crippen molar-refractivity contribution in [2.75, 3.05) is 37.6 Å². The van der Waals surface area contributed by atoms with E-state index in [9.17, 15) is 4.79 Å². The van der Waals surface area contributed by atoms with Gasteiger partial charge in [0.1, 0.15) is 5.78 Å². The highest BCUT2D eigenvalue weighted by molar-refractivity contribution is 5.80. The summed E-state index contributed by atoms with van der Waals surface area (Å²) in [6.45, 7) is 13.9. The number of fused-ring (bicyclic) bond motifs is 2. The fourth-order valence-corrected chi connectivity index (χ4v) is 5.41. The highest BCUT2D eigenvalue weighted by Gasteiger charge is 2.41. The zero-order valence-electron chi connectivity index (χ0n) is 19.3. The van der Waals surface area contributed by atoms with Gasteiger partial charge in [0.05, 0.1) is 0 Å². The lowest BCUT2D eigenvalue weighted by atomic mass is 9.91. The zero-order valence-corrected chi connectivity index (χ0v) is 19.3. The Labute approximate surface area is 182 Å². The van der Waals surface area contributed by atoms with Crippen molar-refractivity contribution in [3.63, 3.8) is 0 Å². The molecule has 3 aliphatic rings. The Bertz CT molecular complexity index is 697. The second-order valence-corrected chi connectivity index (χ2v) is 10.1. The molecule has 0 radical (unpaired) electrons. The van der Waals surface area contributed by atoms with E-state index in [0.717, 1.165) is 51.5 Å². The highest BCUT2D eigenvalue weighted by atomic mass is 16.1. The quantitative estimate of drug-likeness (QED) is 0.683. The van der Waals surface area contributed by atoms with E-state index in [1.807, 2.05) is 13.8 Å². The van der Waals surface area contributed by atoms with Crippen LogP contribution < -0.4 is 4.90 Å². The summed E-state index contributed by atoms with van der Waals surface area (Å²) in [4.78, 5) is 29.1. The lowest BCUT2D eigenvalue weighted by Gasteiger charge is -2.42. The smallest absolute Gasteiger partial charge is 0.225 e. The first-order valence-corrected chi connectivity index (χ1v) is 12.0. The molecule has 2 unspecified atom stereocenters. The third kappa shape index (κ3) is 4.70. The van der Waals surface area contributed by atoms with E-state index in [1.165, 1.54) is 18.4 Å². The molecule has 1 aromatic rings. The normalized spacial score (nSPS) is 26.1. The van der Waals surface area contributed by atoms with Crippen LogP contribution in [0.4, 0.5) is 5.95 Å². The second-order valence-electron chi connectivity index (χ2n) is 10.1. The van der Waals surface area contributed by atoms with Gasteiger partial charge in [0, 0.05) is 62.5 Å². The number of Topliss-reactive ketones (excluding diaryl/α,β-unsaturated/α-hetero) is 1. The third-order valence-corrected chi connectivity index (χ3v) is 7.51. The Morgan fingerprint density at radius 2 is 1.60 bits per heavy atom. The second kappa shape index (κ2) is 9.31. The fraction of sp³-hybridized carbons (Fsp3) is 0.792. The molecule has 30 heavy (non-hydrogen) atoms. The van der Waals surface area contributed by atoms with Crippen LogP contribution in [0.1, 0.15) is 71.3 Å². The Kier molecular flexibility index (Phi) is 6.73. The molecule has 0 saturated carbocycles. The minimum atomic E-state index is 0.154. The molecule has 1 aromatic heterocycles. The maximum Gasteiger partial charge on any atom is 0.225 e. The number of ketones is 1. The molecule has 4 heterocycles. The first-order chi connectivity index (χ1) is 14.4. The van der Waals surface area contributed by atoms with Gasteiger partial charge in [0.25, 0.3) is 0 Å². The van der Waals surface area contributed by atoms with Gasteiger partial charge in [-0.15, -0.1) is 0 Å². The Morgan fingerprint density at radius 3 is 2.13 bits per heavy atom. The van der Waals surface area contributed by atoms with E-state index in [4.69, 9.17) is 9.97 Å². The lowest BCUT2D eigenvalue weighted by Crippen LogP contribution is -2.56. The molecule has 2 atom stereocenters. The molecule has 6 heteroatoms. The predicted molar refractivity (Wildman–Crippen MR) is 121 cm³/mol. The lowest BCUT2D eigenvalue weighted by molar-refractivity contribution is -0.122. The number of carbonyl (C=O) groups excluding carboxylic acids is 1. The van der Waals surface area contributed by atoms with Crippen LogP contribution in [0.2, 0.25) is 0 Å². The number of hydrogen-bond acceptors (Lipinski definition) is 6. The molecule has 6 nitrogen and oxygen atoms in total. The SMILES string of the molecule is CC(C)C(=O)CCN1CCC(c2cnc(N3C4CCC3CN(C(C)C)C4)nc2)CC1. The van der Waals surface area contributed by atoms with E-state index in [0.29, 0.717) is 36.2 Å². The molecule has 3 saturated heterocycles. The fourth-order valence-electron chi connectivity index (χ4n) is 5.41. The van der Waals surface area contributed by atoms with E-state index in [1.54, 1.807) is 0 Å². The van der Waals surface area contributed by atoms with Crippen LogP contribution in [-0.4, -0.2) is 76.4 Å². The van der Waals surface area contributed by atoms with Crippen LogP contribution in [0.5, 0.6) is 0 Å². The molecule has 0 spiro atoms. The molecular formula is C24H39N5O. The Hall–Kier alpha value is -1.53. The average molecular weight is 414 g/mol. The van der Waals surface area contributed by atoms with E-state index in [-0.39, 0.29) is 5.92 Å². The van der Waals surface area contributed by atoms with Gasteiger partial charge < -0.3 is 9.80 Å². The number of piperidine rings is 1. The summed E-state index contributed by atoms with van der Waals surface area (Å²) in [7, 11) is 0. The number of carbonyl (C=O) groups is 1. The first kappa shape index (κ1) is 21.7. The molecule has 3 aliphatic heterocycles. The number of hydrogen-bond donors (Lipinski definition) is 0. The van der Waals surface area contributed by atoms with Gasteiger partial charge in [-0.3, -0.25) is 9.69 Å². The van der Waals surface area contributed by atoms with Crippen LogP contribution in [0.3, 0.4) is 0 Å². The van der Waals surface area contributed by atoms with Gasteiger partial charge in [0.15, 0.2) is 0 Å². The number of aromatic nitrogens is 2. The predicted octanol–water partition coefficient (Wildman–Crippen LogP) is 3.33. The zero-order chi connectivity index (χ0) is 21.3. The largest absolute Gasteiger partial charge is 0.332 e. The van der Waals surface area contributed by atoms with Gasteiger partial charge in [-0.05, 0) is 64.1 Å². The summed E-state index contributed by atoms with van der Waals surface area (Å²) in [5.41, 5.74) is 1.28. The van der Waals surface area contributed by atoms with Gasteiger partial charge in [-0.25, -0.2) is 9.97 Å². The molecule has 0 aromatic carbocycles. The number of nitrogens with zero attached hydrogens (tertiary/aromatic N) is 5. The molecule has 166 valence electrons. The summed E-state index contributed by atoms with van der Waals surface area (Å²) in [6, 6.07) is 1.75. The van der Waals surface area contributed by atoms with Crippen molar-refractivity contribution >= 4 is 11.7 Å². The molecule has 4 rings (SSSR count). The summed E-state index contributed by atoms with van der Waals surface area (Å²) in [6.07, 6.45) is 9.65. The summed E-state index contributed by atoms with van der Waals surface area (Å²) in [5, 5.41) is 0. The van der Waals surface area contributed by atoms with Crippen molar-refractivity contribution in [3.8, 4) is 0 Å². The van der Waals surface area contributed by atoms with Gasteiger partial charge in [-0.1, -0.05) is 13.8 Å². The van der Waals surface area contributed by atoms with Crippen LogP contribution in [0, 0.1) is 5.92 Å². The van der Waals surface area contributed by atoms with Crippen molar-refractivity contribution < 1.29 is 4.79 Å². The average Bonchev–Trinajstić information content (AvgIpc) is 3.01. The summed E-state index contributed by atoms with van der Waals surface area (Å²) < 4.78 is 0. The Morgan fingerprint density at radius 1 is 1.00 bits per heavy atom.